The highest BCUT2D eigenvalue weighted by Gasteiger charge is 2.11. The van der Waals surface area contributed by atoms with E-state index in [9.17, 15) is 4.79 Å². The molecule has 4 nitrogen and oxygen atoms in total. The second-order valence-electron chi connectivity index (χ2n) is 5.06. The summed E-state index contributed by atoms with van der Waals surface area (Å²) in [7, 11) is 1.83. The van der Waals surface area contributed by atoms with E-state index >= 15 is 0 Å². The van der Waals surface area contributed by atoms with E-state index in [1.807, 2.05) is 25.2 Å². The Balaban J connectivity index is 1.87. The fourth-order valence-corrected chi connectivity index (χ4v) is 2.21. The van der Waals surface area contributed by atoms with Crippen LogP contribution in [-0.2, 0) is 13.0 Å². The Morgan fingerprint density at radius 3 is 2.71 bits per heavy atom. The predicted octanol–water partition coefficient (Wildman–Crippen LogP) is 2.25. The number of rotatable bonds is 6. The van der Waals surface area contributed by atoms with E-state index in [0.29, 0.717) is 12.1 Å². The summed E-state index contributed by atoms with van der Waals surface area (Å²) in [5.41, 5.74) is 8.23. The molecule has 0 saturated heterocycles. The van der Waals surface area contributed by atoms with Gasteiger partial charge in [-0.1, -0.05) is 30.3 Å². The molecule has 1 heterocycles. The molecule has 0 aliphatic heterocycles. The molecule has 0 spiro atoms. The largest absolute Gasteiger partial charge is 0.342 e. The van der Waals surface area contributed by atoms with Crippen LogP contribution in [0, 0.1) is 0 Å². The van der Waals surface area contributed by atoms with Crippen molar-refractivity contribution < 1.29 is 4.79 Å². The third-order valence-corrected chi connectivity index (χ3v) is 3.42. The van der Waals surface area contributed by atoms with Crippen molar-refractivity contribution in [3.05, 3.63) is 65.5 Å². The second kappa shape index (κ2) is 7.55. The van der Waals surface area contributed by atoms with Gasteiger partial charge in [0.2, 0.25) is 0 Å². The molecule has 0 fully saturated rings. The maximum atomic E-state index is 12.3. The van der Waals surface area contributed by atoms with Crippen LogP contribution in [0.5, 0.6) is 0 Å². The lowest BCUT2D eigenvalue weighted by Crippen LogP contribution is -2.28. The molecular weight excluding hydrogens is 262 g/mol. The quantitative estimate of drug-likeness (QED) is 0.884. The number of pyridine rings is 1. The second-order valence-corrected chi connectivity index (χ2v) is 5.06. The van der Waals surface area contributed by atoms with Gasteiger partial charge in [0, 0.05) is 31.9 Å². The van der Waals surface area contributed by atoms with E-state index < -0.39 is 0 Å². The molecular formula is C17H21N3O. The number of amides is 1. The van der Waals surface area contributed by atoms with Crippen molar-refractivity contribution in [3.8, 4) is 0 Å². The fourth-order valence-electron chi connectivity index (χ4n) is 2.21. The minimum absolute atomic E-state index is 0.0140. The number of benzene rings is 1. The standard InChI is InChI=1S/C17H21N3O/c1-20(11-5-8-14-6-3-2-4-7-14)17(21)15-9-10-19-16(12-15)13-18/h2-4,6-7,9-10,12H,5,8,11,13,18H2,1H3. The average molecular weight is 283 g/mol. The monoisotopic (exact) mass is 283 g/mol. The molecule has 0 atom stereocenters. The van der Waals surface area contributed by atoms with Crippen molar-refractivity contribution in [2.75, 3.05) is 13.6 Å². The first kappa shape index (κ1) is 15.2. The summed E-state index contributed by atoms with van der Waals surface area (Å²) in [5, 5.41) is 0. The maximum absolute atomic E-state index is 12.3. The lowest BCUT2D eigenvalue weighted by Gasteiger charge is -2.17. The van der Waals surface area contributed by atoms with E-state index in [2.05, 4.69) is 17.1 Å². The van der Waals surface area contributed by atoms with E-state index in [1.165, 1.54) is 5.56 Å². The molecule has 1 aromatic heterocycles. The summed E-state index contributed by atoms with van der Waals surface area (Å²) in [6.45, 7) is 1.08. The maximum Gasteiger partial charge on any atom is 0.253 e. The molecule has 110 valence electrons. The van der Waals surface area contributed by atoms with Crippen molar-refractivity contribution in [3.63, 3.8) is 0 Å². The molecule has 0 unspecified atom stereocenters. The minimum Gasteiger partial charge on any atom is -0.342 e. The van der Waals surface area contributed by atoms with Gasteiger partial charge >= 0.3 is 0 Å². The van der Waals surface area contributed by atoms with Crippen LogP contribution < -0.4 is 5.73 Å². The average Bonchev–Trinajstić information content (AvgIpc) is 2.55. The Morgan fingerprint density at radius 2 is 2.00 bits per heavy atom. The molecule has 0 saturated carbocycles. The number of aromatic nitrogens is 1. The van der Waals surface area contributed by atoms with Crippen LogP contribution >= 0.6 is 0 Å². The highest BCUT2D eigenvalue weighted by atomic mass is 16.2. The zero-order valence-corrected chi connectivity index (χ0v) is 12.3. The van der Waals surface area contributed by atoms with Crippen LogP contribution in [0.4, 0.5) is 0 Å². The van der Waals surface area contributed by atoms with Gasteiger partial charge in [-0.15, -0.1) is 0 Å². The summed E-state index contributed by atoms with van der Waals surface area (Å²) < 4.78 is 0. The summed E-state index contributed by atoms with van der Waals surface area (Å²) in [6.07, 6.45) is 3.55. The van der Waals surface area contributed by atoms with Crippen molar-refractivity contribution in [1.29, 1.82) is 0 Å². The summed E-state index contributed by atoms with van der Waals surface area (Å²) in [4.78, 5) is 18.2. The zero-order chi connectivity index (χ0) is 15.1. The smallest absolute Gasteiger partial charge is 0.253 e. The minimum atomic E-state index is 0.0140. The molecule has 0 aliphatic carbocycles. The first-order chi connectivity index (χ1) is 10.2. The summed E-state index contributed by atoms with van der Waals surface area (Å²) in [6, 6.07) is 13.8. The summed E-state index contributed by atoms with van der Waals surface area (Å²) >= 11 is 0. The number of nitrogens with zero attached hydrogens (tertiary/aromatic N) is 2. The Kier molecular flexibility index (Phi) is 5.46. The van der Waals surface area contributed by atoms with Gasteiger partial charge in [-0.3, -0.25) is 9.78 Å². The predicted molar refractivity (Wildman–Crippen MR) is 83.9 cm³/mol. The van der Waals surface area contributed by atoms with Gasteiger partial charge in [-0.2, -0.15) is 0 Å². The van der Waals surface area contributed by atoms with Crippen molar-refractivity contribution in [2.24, 2.45) is 5.73 Å². The third-order valence-electron chi connectivity index (χ3n) is 3.42. The van der Waals surface area contributed by atoms with Crippen LogP contribution in [0.25, 0.3) is 0 Å². The first-order valence-corrected chi connectivity index (χ1v) is 7.15. The molecule has 2 aromatic rings. The van der Waals surface area contributed by atoms with Crippen LogP contribution in [0.3, 0.4) is 0 Å². The third kappa shape index (κ3) is 4.39. The molecule has 4 heteroatoms. The number of hydrogen-bond acceptors (Lipinski definition) is 3. The molecule has 0 bridgehead atoms. The number of carbonyl (C=O) groups is 1. The highest BCUT2D eigenvalue weighted by Crippen LogP contribution is 2.07. The summed E-state index contributed by atoms with van der Waals surface area (Å²) in [5.74, 6) is 0.0140. The van der Waals surface area contributed by atoms with Gasteiger partial charge in [0.25, 0.3) is 5.91 Å². The van der Waals surface area contributed by atoms with Gasteiger partial charge in [0.1, 0.15) is 0 Å². The van der Waals surface area contributed by atoms with Gasteiger partial charge in [-0.05, 0) is 30.5 Å². The molecule has 0 radical (unpaired) electrons. The van der Waals surface area contributed by atoms with Crippen LogP contribution in [0.15, 0.2) is 48.7 Å². The van der Waals surface area contributed by atoms with Crippen LogP contribution in [0.2, 0.25) is 0 Å². The van der Waals surface area contributed by atoms with Crippen molar-refractivity contribution in [2.45, 2.75) is 19.4 Å². The molecule has 1 aromatic carbocycles. The number of hydrogen-bond donors (Lipinski definition) is 1. The Morgan fingerprint density at radius 1 is 1.24 bits per heavy atom. The van der Waals surface area contributed by atoms with Gasteiger partial charge in [0.15, 0.2) is 0 Å². The van der Waals surface area contributed by atoms with E-state index in [-0.39, 0.29) is 5.91 Å². The lowest BCUT2D eigenvalue weighted by atomic mass is 10.1. The molecule has 1 amide bonds. The normalized spacial score (nSPS) is 10.4. The molecule has 2 N–H and O–H groups in total. The van der Waals surface area contributed by atoms with Gasteiger partial charge in [0.05, 0.1) is 5.69 Å². The van der Waals surface area contributed by atoms with E-state index in [0.717, 1.165) is 25.1 Å². The Hall–Kier alpha value is -2.20. The van der Waals surface area contributed by atoms with Crippen LogP contribution in [0.1, 0.15) is 28.0 Å². The lowest BCUT2D eigenvalue weighted by molar-refractivity contribution is 0.0793. The van der Waals surface area contributed by atoms with Crippen molar-refractivity contribution >= 4 is 5.91 Å². The van der Waals surface area contributed by atoms with Crippen LogP contribution in [-0.4, -0.2) is 29.4 Å². The number of carbonyl (C=O) groups excluding carboxylic acids is 1. The molecule has 2 rings (SSSR count). The van der Waals surface area contributed by atoms with Crippen molar-refractivity contribution in [1.82, 2.24) is 9.88 Å². The topological polar surface area (TPSA) is 59.2 Å². The zero-order valence-electron chi connectivity index (χ0n) is 12.3. The number of aryl methyl sites for hydroxylation is 1. The SMILES string of the molecule is CN(CCCc1ccccc1)C(=O)c1ccnc(CN)c1. The fraction of sp³-hybridized carbons (Fsp3) is 0.294. The number of nitrogens with two attached hydrogens (primary N) is 1. The Labute approximate surface area is 125 Å². The first-order valence-electron chi connectivity index (χ1n) is 7.15. The van der Waals surface area contributed by atoms with Gasteiger partial charge < -0.3 is 10.6 Å². The Bertz CT molecular complexity index is 584. The van der Waals surface area contributed by atoms with Gasteiger partial charge in [-0.25, -0.2) is 0 Å². The molecule has 0 aliphatic rings. The van der Waals surface area contributed by atoms with E-state index in [4.69, 9.17) is 5.73 Å². The molecule has 21 heavy (non-hydrogen) atoms. The van der Waals surface area contributed by atoms with E-state index in [1.54, 1.807) is 23.2 Å². The highest BCUT2D eigenvalue weighted by molar-refractivity contribution is 5.94.